The van der Waals surface area contributed by atoms with Crippen molar-refractivity contribution in [2.24, 2.45) is 0 Å². The van der Waals surface area contributed by atoms with Crippen LogP contribution in [-0.2, 0) is 9.53 Å². The van der Waals surface area contributed by atoms with Crippen LogP contribution >= 0.6 is 0 Å². The average molecular weight is 253 g/mol. The van der Waals surface area contributed by atoms with Gasteiger partial charge in [0.1, 0.15) is 0 Å². The Hall–Kier alpha value is -0.870. The van der Waals surface area contributed by atoms with Crippen LogP contribution in [0, 0.1) is 0 Å². The van der Waals surface area contributed by atoms with E-state index >= 15 is 0 Å². The molecule has 2 N–H and O–H groups in total. The molecule has 2 bridgehead atoms. The quantitative estimate of drug-likeness (QED) is 0.431. The Bertz CT molecular complexity index is 325. The molecule has 4 heteroatoms. The van der Waals surface area contributed by atoms with Gasteiger partial charge in [0.05, 0.1) is 6.10 Å². The van der Waals surface area contributed by atoms with Gasteiger partial charge in [-0.05, 0) is 32.6 Å². The van der Waals surface area contributed by atoms with Crippen LogP contribution in [0.15, 0.2) is 12.2 Å². The molecule has 0 aromatic carbocycles. The van der Waals surface area contributed by atoms with E-state index in [1.165, 1.54) is 0 Å². The summed E-state index contributed by atoms with van der Waals surface area (Å²) in [6.07, 6.45) is 9.43. The van der Waals surface area contributed by atoms with E-state index in [2.05, 4.69) is 11.4 Å². The van der Waals surface area contributed by atoms with Crippen molar-refractivity contribution in [1.82, 2.24) is 5.32 Å². The van der Waals surface area contributed by atoms with Gasteiger partial charge in [-0.2, -0.15) is 0 Å². The molecule has 0 aliphatic carbocycles. The largest absolute Gasteiger partial charge is 0.444 e. The molecule has 2 saturated heterocycles. The van der Waals surface area contributed by atoms with Crippen molar-refractivity contribution in [3.05, 3.63) is 12.2 Å². The van der Waals surface area contributed by atoms with Crippen LogP contribution in [0.1, 0.15) is 51.9 Å². The molecule has 2 aliphatic heterocycles. The highest BCUT2D eigenvalue weighted by atomic mass is 16.6. The highest BCUT2D eigenvalue weighted by Crippen LogP contribution is 2.38. The highest BCUT2D eigenvalue weighted by Gasteiger charge is 2.52. The molecule has 2 fully saturated rings. The molecule has 0 radical (unpaired) electrons. The standard InChI is InChI=1S/C14H23NO3/c1-2-3-4-5-6-7-13(17)18-14-9-8-11(15-14)12(16)10-14/h2-3,11-12,15-16H,4-10H2,1H3. The van der Waals surface area contributed by atoms with E-state index in [1.54, 1.807) is 0 Å². The summed E-state index contributed by atoms with van der Waals surface area (Å²) in [6.45, 7) is 2.00. The Morgan fingerprint density at radius 1 is 1.56 bits per heavy atom. The van der Waals surface area contributed by atoms with Crippen molar-refractivity contribution in [3.8, 4) is 0 Å². The second-order valence-electron chi connectivity index (χ2n) is 5.34. The van der Waals surface area contributed by atoms with Crippen LogP contribution in [0.4, 0.5) is 0 Å². The summed E-state index contributed by atoms with van der Waals surface area (Å²) in [7, 11) is 0. The summed E-state index contributed by atoms with van der Waals surface area (Å²) in [5.74, 6) is -0.141. The van der Waals surface area contributed by atoms with E-state index in [4.69, 9.17) is 4.74 Å². The lowest BCUT2D eigenvalue weighted by atomic mass is 9.95. The van der Waals surface area contributed by atoms with Gasteiger partial charge in [0.2, 0.25) is 0 Å². The SMILES string of the molecule is CC=CCCCCC(=O)OC12CCC(N1)C(O)C2. The number of esters is 1. The molecule has 2 rings (SSSR count). The Balaban J connectivity index is 1.68. The third-order valence-corrected chi connectivity index (χ3v) is 3.86. The summed E-state index contributed by atoms with van der Waals surface area (Å²) < 4.78 is 5.54. The third kappa shape index (κ3) is 3.12. The minimum Gasteiger partial charge on any atom is -0.444 e. The zero-order chi connectivity index (χ0) is 13.0. The molecule has 0 aromatic rings. The predicted octanol–water partition coefficient (Wildman–Crippen LogP) is 1.88. The topological polar surface area (TPSA) is 58.6 Å². The average Bonchev–Trinajstić information content (AvgIpc) is 2.85. The molecule has 102 valence electrons. The monoisotopic (exact) mass is 253 g/mol. The molecule has 3 unspecified atom stereocenters. The number of rotatable bonds is 6. The van der Waals surface area contributed by atoms with Gasteiger partial charge in [0.15, 0.2) is 5.72 Å². The Kier molecular flexibility index (Phi) is 4.40. The minimum absolute atomic E-state index is 0.118. The number of carbonyl (C=O) groups excluding carboxylic acids is 1. The summed E-state index contributed by atoms with van der Waals surface area (Å²) in [5.41, 5.74) is -0.565. The van der Waals surface area contributed by atoms with Crippen LogP contribution in [0.5, 0.6) is 0 Å². The van der Waals surface area contributed by atoms with E-state index in [0.717, 1.165) is 32.1 Å². The summed E-state index contributed by atoms with van der Waals surface area (Å²) in [6, 6.07) is 0.118. The van der Waals surface area contributed by atoms with Crippen molar-refractivity contribution in [3.63, 3.8) is 0 Å². The van der Waals surface area contributed by atoms with Crippen LogP contribution in [-0.4, -0.2) is 28.9 Å². The number of aliphatic hydroxyl groups excluding tert-OH is 1. The number of ether oxygens (including phenoxy) is 1. The van der Waals surface area contributed by atoms with Gasteiger partial charge in [-0.1, -0.05) is 12.2 Å². The van der Waals surface area contributed by atoms with Crippen LogP contribution in [0.2, 0.25) is 0 Å². The first kappa shape index (κ1) is 13.6. The van der Waals surface area contributed by atoms with Crippen molar-refractivity contribution in [2.45, 2.75) is 69.7 Å². The number of unbranched alkanes of at least 4 members (excludes halogenated alkanes) is 2. The summed E-state index contributed by atoms with van der Waals surface area (Å²) >= 11 is 0. The molecule has 2 heterocycles. The van der Waals surface area contributed by atoms with Gasteiger partial charge in [-0.15, -0.1) is 0 Å². The van der Waals surface area contributed by atoms with Crippen molar-refractivity contribution in [2.75, 3.05) is 0 Å². The number of aliphatic hydroxyl groups is 1. The molecule has 0 spiro atoms. The van der Waals surface area contributed by atoms with Crippen LogP contribution < -0.4 is 5.32 Å². The smallest absolute Gasteiger partial charge is 0.307 e. The Morgan fingerprint density at radius 2 is 2.39 bits per heavy atom. The molecular formula is C14H23NO3. The van der Waals surface area contributed by atoms with Crippen molar-refractivity contribution >= 4 is 5.97 Å². The number of fused-ring (bicyclic) bond motifs is 2. The normalized spacial score (nSPS) is 34.3. The molecule has 4 nitrogen and oxygen atoms in total. The fourth-order valence-corrected chi connectivity index (χ4v) is 2.89. The molecule has 0 saturated carbocycles. The first-order valence-corrected chi connectivity index (χ1v) is 6.94. The van der Waals surface area contributed by atoms with Gasteiger partial charge in [0, 0.05) is 25.3 Å². The molecule has 2 aliphatic rings. The molecular weight excluding hydrogens is 230 g/mol. The highest BCUT2D eigenvalue weighted by molar-refractivity contribution is 5.70. The number of nitrogens with one attached hydrogen (secondary N) is 1. The summed E-state index contributed by atoms with van der Waals surface area (Å²) in [4.78, 5) is 11.8. The third-order valence-electron chi connectivity index (χ3n) is 3.86. The minimum atomic E-state index is -0.565. The summed E-state index contributed by atoms with van der Waals surface area (Å²) in [5, 5.41) is 12.9. The van der Waals surface area contributed by atoms with Gasteiger partial charge in [-0.25, -0.2) is 0 Å². The second-order valence-corrected chi connectivity index (χ2v) is 5.34. The van der Waals surface area contributed by atoms with Gasteiger partial charge >= 0.3 is 5.97 Å². The van der Waals surface area contributed by atoms with Gasteiger partial charge in [-0.3, -0.25) is 10.1 Å². The van der Waals surface area contributed by atoms with Crippen LogP contribution in [0.25, 0.3) is 0 Å². The van der Waals surface area contributed by atoms with E-state index in [1.807, 2.05) is 13.0 Å². The lowest BCUT2D eigenvalue weighted by Gasteiger charge is -2.27. The lowest BCUT2D eigenvalue weighted by Crippen LogP contribution is -2.41. The Morgan fingerprint density at radius 3 is 3.00 bits per heavy atom. The fourth-order valence-electron chi connectivity index (χ4n) is 2.89. The lowest BCUT2D eigenvalue weighted by molar-refractivity contribution is -0.162. The first-order chi connectivity index (χ1) is 8.65. The number of allylic oxidation sites excluding steroid dienone is 2. The predicted molar refractivity (Wildman–Crippen MR) is 68.9 cm³/mol. The maximum absolute atomic E-state index is 11.8. The Labute approximate surface area is 108 Å². The number of hydrogen-bond acceptors (Lipinski definition) is 4. The second kappa shape index (κ2) is 5.85. The number of carbonyl (C=O) groups is 1. The van der Waals surface area contributed by atoms with E-state index in [9.17, 15) is 9.90 Å². The molecule has 0 aromatic heterocycles. The van der Waals surface area contributed by atoms with Crippen molar-refractivity contribution < 1.29 is 14.6 Å². The van der Waals surface area contributed by atoms with E-state index in [-0.39, 0.29) is 18.1 Å². The molecule has 0 amide bonds. The maximum atomic E-state index is 11.8. The van der Waals surface area contributed by atoms with Crippen molar-refractivity contribution in [1.29, 1.82) is 0 Å². The van der Waals surface area contributed by atoms with E-state index < -0.39 is 5.72 Å². The van der Waals surface area contributed by atoms with E-state index in [0.29, 0.717) is 12.8 Å². The molecule has 3 atom stereocenters. The van der Waals surface area contributed by atoms with Crippen LogP contribution in [0.3, 0.4) is 0 Å². The zero-order valence-corrected chi connectivity index (χ0v) is 11.0. The molecule has 18 heavy (non-hydrogen) atoms. The zero-order valence-electron chi connectivity index (χ0n) is 11.0. The first-order valence-electron chi connectivity index (χ1n) is 6.94. The van der Waals surface area contributed by atoms with Gasteiger partial charge in [0.25, 0.3) is 0 Å². The number of hydrogen-bond donors (Lipinski definition) is 2. The fraction of sp³-hybridized carbons (Fsp3) is 0.786. The van der Waals surface area contributed by atoms with Gasteiger partial charge < -0.3 is 9.84 Å². The maximum Gasteiger partial charge on any atom is 0.307 e.